The lowest BCUT2D eigenvalue weighted by atomic mass is 10.1. The van der Waals surface area contributed by atoms with Crippen molar-refractivity contribution in [3.63, 3.8) is 0 Å². The summed E-state index contributed by atoms with van der Waals surface area (Å²) in [5.41, 5.74) is 0.581. The first-order chi connectivity index (χ1) is 15.0. The standard InChI is InChI=1S/C19H10N6O5S/c26-15-13(11-8-10(25(28)29)6-7-12(11)20-15)14-16(27)21-19(31-14)22-18-24-23-17(30-18)9-4-2-1-3-5-9/h1-8,27H,(H,21,22,24). The van der Waals surface area contributed by atoms with Crippen LogP contribution in [0.5, 0.6) is 5.88 Å². The number of amides is 1. The van der Waals surface area contributed by atoms with Gasteiger partial charge in [-0.2, -0.15) is 4.98 Å². The number of hydrogen-bond donors (Lipinski definition) is 2. The Hall–Kier alpha value is -4.45. The number of nitrogens with zero attached hydrogens (tertiary/aromatic N) is 5. The van der Waals surface area contributed by atoms with Gasteiger partial charge in [0.1, 0.15) is 4.88 Å². The second-order valence-electron chi connectivity index (χ2n) is 6.33. The number of nitrogens with one attached hydrogen (secondary N) is 1. The third-order valence-corrected chi connectivity index (χ3v) is 5.37. The first kappa shape index (κ1) is 18.6. The van der Waals surface area contributed by atoms with Crippen molar-refractivity contribution in [3.05, 3.63) is 74.1 Å². The summed E-state index contributed by atoms with van der Waals surface area (Å²) >= 11 is 0.951. The van der Waals surface area contributed by atoms with E-state index < -0.39 is 16.7 Å². The smallest absolute Gasteiger partial charge is 0.322 e. The van der Waals surface area contributed by atoms with Crippen molar-refractivity contribution in [1.82, 2.24) is 15.2 Å². The van der Waals surface area contributed by atoms with Gasteiger partial charge in [-0.15, -0.1) is 5.10 Å². The minimum atomic E-state index is -0.620. The molecule has 152 valence electrons. The fraction of sp³-hybridized carbons (Fsp3) is 0. The molecule has 0 unspecified atom stereocenters. The van der Waals surface area contributed by atoms with Crippen molar-refractivity contribution < 1.29 is 19.2 Å². The van der Waals surface area contributed by atoms with Crippen molar-refractivity contribution in [2.75, 3.05) is 5.32 Å². The summed E-state index contributed by atoms with van der Waals surface area (Å²) in [5, 5.41) is 32.8. The Labute approximate surface area is 176 Å². The maximum atomic E-state index is 12.4. The number of rotatable bonds is 5. The molecule has 2 aromatic heterocycles. The van der Waals surface area contributed by atoms with Gasteiger partial charge in [-0.25, -0.2) is 4.99 Å². The topological polar surface area (TPSA) is 157 Å². The van der Waals surface area contributed by atoms with Crippen LogP contribution in [0.4, 0.5) is 16.8 Å². The van der Waals surface area contributed by atoms with Gasteiger partial charge in [0.2, 0.25) is 11.8 Å². The predicted molar refractivity (Wildman–Crippen MR) is 108 cm³/mol. The number of benzene rings is 2. The Morgan fingerprint density at radius 1 is 1.13 bits per heavy atom. The summed E-state index contributed by atoms with van der Waals surface area (Å²) in [6, 6.07) is 13.1. The summed E-state index contributed by atoms with van der Waals surface area (Å²) in [7, 11) is 0. The molecule has 0 fully saturated rings. The van der Waals surface area contributed by atoms with Crippen LogP contribution in [0.3, 0.4) is 0 Å². The van der Waals surface area contributed by atoms with Gasteiger partial charge in [0.25, 0.3) is 11.6 Å². The minimum absolute atomic E-state index is 0.0391. The summed E-state index contributed by atoms with van der Waals surface area (Å²) in [6.07, 6.45) is 0. The molecule has 1 aliphatic heterocycles. The zero-order chi connectivity index (χ0) is 21.5. The van der Waals surface area contributed by atoms with Crippen molar-refractivity contribution in [1.29, 1.82) is 0 Å². The second-order valence-corrected chi connectivity index (χ2v) is 7.32. The van der Waals surface area contributed by atoms with E-state index >= 15 is 0 Å². The van der Waals surface area contributed by atoms with Crippen LogP contribution in [0.15, 0.2) is 57.9 Å². The molecule has 0 bridgehead atoms. The van der Waals surface area contributed by atoms with Gasteiger partial charge in [0, 0.05) is 22.9 Å². The molecule has 0 spiro atoms. The molecule has 1 aliphatic rings. The zero-order valence-electron chi connectivity index (χ0n) is 15.3. The summed E-state index contributed by atoms with van der Waals surface area (Å²) in [4.78, 5) is 30.9. The molecule has 31 heavy (non-hydrogen) atoms. The van der Waals surface area contributed by atoms with E-state index in [1.165, 1.54) is 18.2 Å². The minimum Gasteiger partial charge on any atom is -0.492 e. The number of carbonyl (C=O) groups excluding carboxylic acids is 1. The second kappa shape index (κ2) is 7.11. The van der Waals surface area contributed by atoms with E-state index in [0.29, 0.717) is 5.89 Å². The SMILES string of the molecule is O=C1N=c2ccc([N+](=O)[O-])cc2=C1c1sc(Nc2nnc(-c3ccccc3)o2)nc1O. The summed E-state index contributed by atoms with van der Waals surface area (Å²) < 4.78 is 5.55. The van der Waals surface area contributed by atoms with Crippen molar-refractivity contribution in [2.24, 2.45) is 4.99 Å². The molecule has 5 rings (SSSR count). The Kier molecular flexibility index (Phi) is 4.26. The number of carbonyl (C=O) groups is 1. The molecule has 0 radical (unpaired) electrons. The van der Waals surface area contributed by atoms with E-state index in [1.54, 1.807) is 0 Å². The molecular weight excluding hydrogens is 424 g/mol. The first-order valence-corrected chi connectivity index (χ1v) is 9.59. The average molecular weight is 434 g/mol. The fourth-order valence-electron chi connectivity index (χ4n) is 3.03. The third-order valence-electron chi connectivity index (χ3n) is 4.39. The lowest BCUT2D eigenvalue weighted by Crippen LogP contribution is -2.23. The van der Waals surface area contributed by atoms with Crippen molar-refractivity contribution in [3.8, 4) is 17.3 Å². The van der Waals surface area contributed by atoms with E-state index in [2.05, 4.69) is 25.5 Å². The van der Waals surface area contributed by atoms with Crippen LogP contribution in [-0.4, -0.2) is 31.1 Å². The third kappa shape index (κ3) is 3.30. The number of nitro groups is 1. The van der Waals surface area contributed by atoms with Crippen LogP contribution >= 0.6 is 11.3 Å². The van der Waals surface area contributed by atoms with Gasteiger partial charge in [0.15, 0.2) is 5.13 Å². The highest BCUT2D eigenvalue weighted by Gasteiger charge is 2.26. The average Bonchev–Trinajstić information content (AvgIpc) is 3.45. The van der Waals surface area contributed by atoms with E-state index in [4.69, 9.17) is 4.42 Å². The lowest BCUT2D eigenvalue weighted by Gasteiger charge is -1.96. The van der Waals surface area contributed by atoms with E-state index in [0.717, 1.165) is 16.9 Å². The lowest BCUT2D eigenvalue weighted by molar-refractivity contribution is -0.385. The number of aromatic hydroxyl groups is 1. The van der Waals surface area contributed by atoms with E-state index in [9.17, 15) is 20.0 Å². The maximum Gasteiger partial charge on any atom is 0.322 e. The van der Waals surface area contributed by atoms with Gasteiger partial charge in [-0.3, -0.25) is 20.2 Å². The van der Waals surface area contributed by atoms with Crippen molar-refractivity contribution in [2.45, 2.75) is 0 Å². The highest BCUT2D eigenvalue weighted by Crippen LogP contribution is 2.35. The molecule has 12 heteroatoms. The van der Waals surface area contributed by atoms with Crippen LogP contribution in [0.2, 0.25) is 0 Å². The van der Waals surface area contributed by atoms with Gasteiger partial charge < -0.3 is 9.52 Å². The Bertz CT molecular complexity index is 1480. The van der Waals surface area contributed by atoms with Gasteiger partial charge >= 0.3 is 6.01 Å². The maximum absolute atomic E-state index is 12.4. The van der Waals surface area contributed by atoms with Gasteiger partial charge in [-0.1, -0.05) is 34.6 Å². The molecule has 0 aliphatic carbocycles. The highest BCUT2D eigenvalue weighted by atomic mass is 32.1. The molecule has 1 amide bonds. The Morgan fingerprint density at radius 3 is 2.71 bits per heavy atom. The number of nitro benzene ring substituents is 1. The van der Waals surface area contributed by atoms with Crippen LogP contribution in [0.1, 0.15) is 4.88 Å². The largest absolute Gasteiger partial charge is 0.492 e. The molecule has 0 atom stereocenters. The molecule has 3 heterocycles. The predicted octanol–water partition coefficient (Wildman–Crippen LogP) is 1.91. The fourth-order valence-corrected chi connectivity index (χ4v) is 3.93. The monoisotopic (exact) mass is 434 g/mol. The zero-order valence-corrected chi connectivity index (χ0v) is 16.2. The molecule has 11 nitrogen and oxygen atoms in total. The number of thiazole rings is 1. The molecule has 0 saturated carbocycles. The number of hydrogen-bond acceptors (Lipinski definition) is 10. The van der Waals surface area contributed by atoms with Crippen molar-refractivity contribution >= 4 is 39.7 Å². The molecule has 0 saturated heterocycles. The Balaban J connectivity index is 1.51. The van der Waals surface area contributed by atoms with Crippen LogP contribution in [0.25, 0.3) is 17.0 Å². The van der Waals surface area contributed by atoms with E-state index in [-0.39, 0.29) is 37.9 Å². The Morgan fingerprint density at radius 2 is 1.94 bits per heavy atom. The number of aromatic nitrogens is 3. The summed E-state index contributed by atoms with van der Waals surface area (Å²) in [5.74, 6) is -0.747. The quantitative estimate of drug-likeness (QED) is 0.354. The number of anilines is 2. The van der Waals surface area contributed by atoms with Crippen LogP contribution in [0, 0.1) is 10.1 Å². The molecule has 2 aromatic carbocycles. The highest BCUT2D eigenvalue weighted by molar-refractivity contribution is 7.17. The first-order valence-electron chi connectivity index (χ1n) is 8.77. The summed E-state index contributed by atoms with van der Waals surface area (Å²) in [6.45, 7) is 0. The van der Waals surface area contributed by atoms with Crippen LogP contribution in [-0.2, 0) is 4.79 Å². The van der Waals surface area contributed by atoms with E-state index in [1.807, 2.05) is 30.3 Å². The normalized spacial score (nSPS) is 12.5. The number of fused-ring (bicyclic) bond motifs is 1. The molecule has 4 aromatic rings. The molecular formula is C19H10N6O5S. The van der Waals surface area contributed by atoms with Gasteiger partial charge in [0.05, 0.1) is 15.9 Å². The molecule has 2 N–H and O–H groups in total. The van der Waals surface area contributed by atoms with Crippen LogP contribution < -0.4 is 15.9 Å². The van der Waals surface area contributed by atoms with Gasteiger partial charge in [-0.05, 0) is 18.2 Å². The number of non-ortho nitro benzene ring substituents is 1.